The van der Waals surface area contributed by atoms with Gasteiger partial charge in [0.1, 0.15) is 11.5 Å². The van der Waals surface area contributed by atoms with Gasteiger partial charge in [-0.1, -0.05) is 37.3 Å². The third-order valence-electron chi connectivity index (χ3n) is 3.72. The van der Waals surface area contributed by atoms with Crippen molar-refractivity contribution >= 4 is 5.97 Å². The predicted octanol–water partition coefficient (Wildman–Crippen LogP) is 2.68. The van der Waals surface area contributed by atoms with Crippen LogP contribution in [0.15, 0.2) is 36.5 Å². The Morgan fingerprint density at radius 3 is 2.52 bits per heavy atom. The van der Waals surface area contributed by atoms with E-state index in [2.05, 4.69) is 4.98 Å². The minimum absolute atomic E-state index is 0.00531. The van der Waals surface area contributed by atoms with E-state index in [4.69, 9.17) is 5.11 Å². The molecule has 5 nitrogen and oxygen atoms in total. The maximum atomic E-state index is 11.4. The van der Waals surface area contributed by atoms with E-state index in [0.29, 0.717) is 12.2 Å². The van der Waals surface area contributed by atoms with Gasteiger partial charge < -0.3 is 14.8 Å². The molecule has 1 heterocycles. The number of hydrogen-bond acceptors (Lipinski definition) is 3. The summed E-state index contributed by atoms with van der Waals surface area (Å²) in [6, 6.07) is 9.60. The maximum Gasteiger partial charge on any atom is 0.354 e. The molecule has 1 aromatic carbocycles. The Labute approximate surface area is 123 Å². The van der Waals surface area contributed by atoms with Crippen LogP contribution in [0.3, 0.4) is 0 Å². The molecule has 0 spiro atoms. The lowest BCUT2D eigenvalue weighted by Gasteiger charge is -2.21. The van der Waals surface area contributed by atoms with Gasteiger partial charge in [-0.3, -0.25) is 0 Å². The molecule has 5 heteroatoms. The average molecular weight is 288 g/mol. The summed E-state index contributed by atoms with van der Waals surface area (Å²) < 4.78 is 1.75. The fourth-order valence-corrected chi connectivity index (χ4v) is 2.51. The van der Waals surface area contributed by atoms with Crippen molar-refractivity contribution in [3.8, 4) is 0 Å². The monoisotopic (exact) mass is 288 g/mol. The van der Waals surface area contributed by atoms with Gasteiger partial charge in [-0.2, -0.15) is 0 Å². The molecule has 0 aliphatic carbocycles. The second-order valence-electron chi connectivity index (χ2n) is 5.18. The van der Waals surface area contributed by atoms with Crippen LogP contribution in [0.1, 0.15) is 54.1 Å². The highest BCUT2D eigenvalue weighted by molar-refractivity contribution is 5.85. The van der Waals surface area contributed by atoms with Gasteiger partial charge in [0, 0.05) is 12.5 Å². The third kappa shape index (κ3) is 3.13. The molecule has 2 aromatic rings. The Bertz CT molecular complexity index is 607. The Kier molecular flexibility index (Phi) is 4.75. The van der Waals surface area contributed by atoms with Gasteiger partial charge in [-0.05, 0) is 18.9 Å². The first kappa shape index (κ1) is 15.3. The van der Waals surface area contributed by atoms with Gasteiger partial charge in [-0.15, -0.1) is 0 Å². The molecule has 1 unspecified atom stereocenters. The lowest BCUT2D eigenvalue weighted by Crippen LogP contribution is -2.18. The van der Waals surface area contributed by atoms with Crippen LogP contribution in [0.4, 0.5) is 0 Å². The molecule has 0 fully saturated rings. The maximum absolute atomic E-state index is 11.4. The Balaban J connectivity index is 2.48. The van der Waals surface area contributed by atoms with Crippen LogP contribution in [-0.2, 0) is 0 Å². The van der Waals surface area contributed by atoms with Crippen LogP contribution in [0.2, 0.25) is 0 Å². The first-order chi connectivity index (χ1) is 10.1. The number of imidazole rings is 1. The predicted molar refractivity (Wildman–Crippen MR) is 79.6 cm³/mol. The number of carboxylic acids is 1. The largest absolute Gasteiger partial charge is 0.477 e. The van der Waals surface area contributed by atoms with E-state index in [1.54, 1.807) is 4.57 Å². The average Bonchev–Trinajstić information content (AvgIpc) is 2.92. The molecule has 0 amide bonds. The second kappa shape index (κ2) is 6.54. The Hall–Kier alpha value is -2.14. The molecule has 0 saturated heterocycles. The van der Waals surface area contributed by atoms with Gasteiger partial charge >= 0.3 is 5.97 Å². The molecule has 2 rings (SSSR count). The summed E-state index contributed by atoms with van der Waals surface area (Å²) in [6.45, 7) is 3.95. The smallest absolute Gasteiger partial charge is 0.354 e. The quantitative estimate of drug-likeness (QED) is 0.857. The highest BCUT2D eigenvalue weighted by atomic mass is 16.4. The molecule has 0 saturated carbocycles. The molecular formula is C16H20N2O3. The molecule has 1 aromatic heterocycles. The van der Waals surface area contributed by atoms with Crippen molar-refractivity contribution in [3.05, 3.63) is 53.6 Å². The van der Waals surface area contributed by atoms with E-state index in [0.717, 1.165) is 5.56 Å². The Morgan fingerprint density at radius 1 is 1.29 bits per heavy atom. The number of aromatic nitrogens is 2. The molecule has 112 valence electrons. The molecule has 2 atom stereocenters. The first-order valence-corrected chi connectivity index (χ1v) is 7.02. The zero-order valence-electron chi connectivity index (χ0n) is 12.2. The van der Waals surface area contributed by atoms with Gasteiger partial charge in [-0.25, -0.2) is 9.78 Å². The summed E-state index contributed by atoms with van der Waals surface area (Å²) in [5.41, 5.74) is 1.20. The number of nitrogens with zero attached hydrogens (tertiary/aromatic N) is 2. The van der Waals surface area contributed by atoms with E-state index in [1.807, 2.05) is 44.2 Å². The molecule has 0 bridgehead atoms. The Morgan fingerprint density at radius 2 is 1.95 bits per heavy atom. The number of hydrogen-bond donors (Lipinski definition) is 2. The van der Waals surface area contributed by atoms with E-state index < -0.39 is 5.97 Å². The standard InChI is InChI=1S/C16H20N2O3/c1-11(8-9-19)15-17-10-14(16(20)21)18(15)12(2)13-6-4-3-5-7-13/h3-7,10-12,19H,8-9H2,1-2H3,(H,20,21)/t11?,12-/m1/s1. The minimum Gasteiger partial charge on any atom is -0.477 e. The number of aromatic carboxylic acids is 1. The zero-order chi connectivity index (χ0) is 15.4. The van der Waals surface area contributed by atoms with Crippen molar-refractivity contribution < 1.29 is 15.0 Å². The van der Waals surface area contributed by atoms with Crippen molar-refractivity contribution in [2.24, 2.45) is 0 Å². The molecule has 21 heavy (non-hydrogen) atoms. The van der Waals surface area contributed by atoms with Crippen LogP contribution >= 0.6 is 0 Å². The number of rotatable bonds is 6. The topological polar surface area (TPSA) is 75.3 Å². The molecule has 2 N–H and O–H groups in total. The number of aliphatic hydroxyl groups excluding tert-OH is 1. The van der Waals surface area contributed by atoms with Crippen LogP contribution in [0.25, 0.3) is 0 Å². The minimum atomic E-state index is -0.993. The lowest BCUT2D eigenvalue weighted by atomic mass is 10.0. The fraction of sp³-hybridized carbons (Fsp3) is 0.375. The summed E-state index contributed by atoms with van der Waals surface area (Å²) in [6.07, 6.45) is 1.95. The number of aliphatic hydroxyl groups is 1. The van der Waals surface area contributed by atoms with Crippen molar-refractivity contribution in [3.63, 3.8) is 0 Å². The highest BCUT2D eigenvalue weighted by Crippen LogP contribution is 2.27. The van der Waals surface area contributed by atoms with Crippen molar-refractivity contribution in [2.75, 3.05) is 6.61 Å². The summed E-state index contributed by atoms with van der Waals surface area (Å²) in [4.78, 5) is 15.7. The van der Waals surface area contributed by atoms with Crippen molar-refractivity contribution in [2.45, 2.75) is 32.2 Å². The van der Waals surface area contributed by atoms with Gasteiger partial charge in [0.05, 0.1) is 12.2 Å². The van der Waals surface area contributed by atoms with Crippen molar-refractivity contribution in [1.82, 2.24) is 9.55 Å². The fourth-order valence-electron chi connectivity index (χ4n) is 2.51. The molecule has 0 radical (unpaired) electrons. The second-order valence-corrected chi connectivity index (χ2v) is 5.18. The van der Waals surface area contributed by atoms with Gasteiger partial charge in [0.15, 0.2) is 0 Å². The normalized spacial score (nSPS) is 13.9. The number of carbonyl (C=O) groups is 1. The van der Waals surface area contributed by atoms with Crippen LogP contribution in [0.5, 0.6) is 0 Å². The summed E-state index contributed by atoms with van der Waals surface area (Å²) in [5.74, 6) is -0.306. The molecule has 0 aliphatic heterocycles. The van der Waals surface area contributed by atoms with E-state index >= 15 is 0 Å². The SMILES string of the molecule is CC(CCO)c1ncc(C(=O)O)n1[C@H](C)c1ccccc1. The van der Waals surface area contributed by atoms with Crippen LogP contribution in [0, 0.1) is 0 Å². The number of benzene rings is 1. The van der Waals surface area contributed by atoms with Crippen LogP contribution in [-0.4, -0.2) is 32.3 Å². The van der Waals surface area contributed by atoms with Crippen molar-refractivity contribution in [1.29, 1.82) is 0 Å². The number of carboxylic acid groups (broad SMARTS) is 1. The van der Waals surface area contributed by atoms with E-state index in [9.17, 15) is 9.90 Å². The summed E-state index contributed by atoms with van der Waals surface area (Å²) >= 11 is 0. The summed E-state index contributed by atoms with van der Waals surface area (Å²) in [5, 5.41) is 18.5. The molecule has 0 aliphatic rings. The van der Waals surface area contributed by atoms with Gasteiger partial charge in [0.25, 0.3) is 0 Å². The summed E-state index contributed by atoms with van der Waals surface area (Å²) in [7, 11) is 0. The molecular weight excluding hydrogens is 268 g/mol. The lowest BCUT2D eigenvalue weighted by molar-refractivity contribution is 0.0683. The highest BCUT2D eigenvalue weighted by Gasteiger charge is 2.23. The zero-order valence-corrected chi connectivity index (χ0v) is 12.2. The van der Waals surface area contributed by atoms with Gasteiger partial charge in [0.2, 0.25) is 0 Å². The van der Waals surface area contributed by atoms with Crippen LogP contribution < -0.4 is 0 Å². The first-order valence-electron chi connectivity index (χ1n) is 7.02. The van der Waals surface area contributed by atoms with E-state index in [-0.39, 0.29) is 24.3 Å². The van der Waals surface area contributed by atoms with E-state index in [1.165, 1.54) is 6.20 Å². The third-order valence-corrected chi connectivity index (χ3v) is 3.72.